The van der Waals surface area contributed by atoms with E-state index in [1.54, 1.807) is 0 Å². The molecule has 0 saturated carbocycles. The van der Waals surface area contributed by atoms with Gasteiger partial charge in [0.15, 0.2) is 0 Å². The molecule has 0 aliphatic carbocycles. The lowest BCUT2D eigenvalue weighted by Crippen LogP contribution is -1.83. The van der Waals surface area contributed by atoms with Gasteiger partial charge in [0.2, 0.25) is 0 Å². The molecule has 0 heterocycles. The topological polar surface area (TPSA) is 0 Å². The zero-order valence-corrected chi connectivity index (χ0v) is 11.1. The van der Waals surface area contributed by atoms with E-state index < -0.39 is 0 Å². The third kappa shape index (κ3) is 5.41. The molecule has 0 aromatic heterocycles. The monoisotopic (exact) mass is 234 g/mol. The van der Waals surface area contributed by atoms with E-state index in [2.05, 4.69) is 37.8 Å². The standard InChI is InChI=1S/C15H22S/c1-3-5-6-7-8-13-16-15-11-9-14(4-2)10-12-15/h3,9-12H,1,4-8,13H2,2H3. The summed E-state index contributed by atoms with van der Waals surface area (Å²) in [6.45, 7) is 5.93. The molecule has 0 unspecified atom stereocenters. The van der Waals surface area contributed by atoms with Gasteiger partial charge in [0.1, 0.15) is 0 Å². The summed E-state index contributed by atoms with van der Waals surface area (Å²) < 4.78 is 0. The molecule has 0 saturated heterocycles. The van der Waals surface area contributed by atoms with E-state index in [1.165, 1.54) is 35.5 Å². The second kappa shape index (κ2) is 8.46. The summed E-state index contributed by atoms with van der Waals surface area (Å²) in [4.78, 5) is 1.40. The van der Waals surface area contributed by atoms with Crippen LogP contribution in [0.5, 0.6) is 0 Å². The molecule has 1 rings (SSSR count). The van der Waals surface area contributed by atoms with Crippen molar-refractivity contribution in [2.45, 2.75) is 43.9 Å². The van der Waals surface area contributed by atoms with Crippen molar-refractivity contribution in [3.63, 3.8) is 0 Å². The quantitative estimate of drug-likeness (QED) is 0.343. The predicted octanol–water partition coefficient (Wildman–Crippen LogP) is 5.09. The van der Waals surface area contributed by atoms with Gasteiger partial charge in [-0.2, -0.15) is 0 Å². The summed E-state index contributed by atoms with van der Waals surface area (Å²) in [5.74, 6) is 1.24. The highest BCUT2D eigenvalue weighted by Crippen LogP contribution is 2.20. The lowest BCUT2D eigenvalue weighted by molar-refractivity contribution is 0.735. The van der Waals surface area contributed by atoms with Crippen LogP contribution in [-0.2, 0) is 6.42 Å². The predicted molar refractivity (Wildman–Crippen MR) is 75.2 cm³/mol. The van der Waals surface area contributed by atoms with E-state index >= 15 is 0 Å². The Morgan fingerprint density at radius 2 is 1.88 bits per heavy atom. The zero-order valence-electron chi connectivity index (χ0n) is 10.2. The van der Waals surface area contributed by atoms with E-state index in [9.17, 15) is 0 Å². The highest BCUT2D eigenvalue weighted by Gasteiger charge is 1.94. The number of rotatable bonds is 8. The fraction of sp³-hybridized carbons (Fsp3) is 0.467. The van der Waals surface area contributed by atoms with Crippen molar-refractivity contribution in [2.24, 2.45) is 0 Å². The molecule has 0 aliphatic heterocycles. The van der Waals surface area contributed by atoms with Crippen molar-refractivity contribution in [1.82, 2.24) is 0 Å². The largest absolute Gasteiger partial charge is 0.126 e. The third-order valence-corrected chi connectivity index (χ3v) is 3.75. The molecule has 0 radical (unpaired) electrons. The molecule has 0 aliphatic rings. The van der Waals surface area contributed by atoms with Crippen LogP contribution in [0.4, 0.5) is 0 Å². The summed E-state index contributed by atoms with van der Waals surface area (Å²) in [6, 6.07) is 8.96. The summed E-state index contributed by atoms with van der Waals surface area (Å²) in [6.07, 6.45) is 8.23. The van der Waals surface area contributed by atoms with Gasteiger partial charge < -0.3 is 0 Å². The first-order valence-electron chi connectivity index (χ1n) is 6.19. The molecule has 0 spiro atoms. The van der Waals surface area contributed by atoms with Crippen LogP contribution in [0.1, 0.15) is 38.2 Å². The lowest BCUT2D eigenvalue weighted by Gasteiger charge is -2.02. The van der Waals surface area contributed by atoms with Gasteiger partial charge in [-0.1, -0.05) is 31.6 Å². The fourth-order valence-corrected chi connectivity index (χ4v) is 2.49. The van der Waals surface area contributed by atoms with Gasteiger partial charge in [-0.3, -0.25) is 0 Å². The van der Waals surface area contributed by atoms with Gasteiger partial charge in [0.25, 0.3) is 0 Å². The molecule has 0 fully saturated rings. The van der Waals surface area contributed by atoms with Crippen molar-refractivity contribution in [3.05, 3.63) is 42.5 Å². The molecular weight excluding hydrogens is 212 g/mol. The van der Waals surface area contributed by atoms with Crippen LogP contribution in [0.3, 0.4) is 0 Å². The summed E-state index contributed by atoms with van der Waals surface area (Å²) in [5, 5.41) is 0. The number of hydrogen-bond donors (Lipinski definition) is 0. The number of aryl methyl sites for hydroxylation is 1. The van der Waals surface area contributed by atoms with E-state index in [-0.39, 0.29) is 0 Å². The van der Waals surface area contributed by atoms with Crippen molar-refractivity contribution in [1.29, 1.82) is 0 Å². The third-order valence-electron chi connectivity index (χ3n) is 2.65. The Morgan fingerprint density at radius 3 is 2.50 bits per heavy atom. The van der Waals surface area contributed by atoms with Gasteiger partial charge in [-0.25, -0.2) is 0 Å². The molecule has 1 aromatic rings. The van der Waals surface area contributed by atoms with E-state index in [1.807, 2.05) is 17.8 Å². The lowest BCUT2D eigenvalue weighted by atomic mass is 10.2. The van der Waals surface area contributed by atoms with Crippen LogP contribution in [0.25, 0.3) is 0 Å². The van der Waals surface area contributed by atoms with Crippen LogP contribution in [0.2, 0.25) is 0 Å². The van der Waals surface area contributed by atoms with Crippen molar-refractivity contribution in [3.8, 4) is 0 Å². The van der Waals surface area contributed by atoms with Gasteiger partial charge in [0.05, 0.1) is 0 Å². The maximum absolute atomic E-state index is 3.74. The Kier molecular flexibility index (Phi) is 7.07. The molecule has 1 aromatic carbocycles. The molecule has 16 heavy (non-hydrogen) atoms. The summed E-state index contributed by atoms with van der Waals surface area (Å²) in [5.41, 5.74) is 1.43. The number of hydrogen-bond acceptors (Lipinski definition) is 1. The second-order valence-electron chi connectivity index (χ2n) is 3.98. The van der Waals surface area contributed by atoms with Crippen molar-refractivity contribution in [2.75, 3.05) is 5.75 Å². The zero-order chi connectivity index (χ0) is 11.6. The first kappa shape index (κ1) is 13.4. The van der Waals surface area contributed by atoms with Crippen molar-refractivity contribution >= 4 is 11.8 Å². The first-order chi connectivity index (χ1) is 7.86. The Morgan fingerprint density at radius 1 is 1.12 bits per heavy atom. The summed E-state index contributed by atoms with van der Waals surface area (Å²) in [7, 11) is 0. The minimum Gasteiger partial charge on any atom is -0.126 e. The number of unbranched alkanes of at least 4 members (excludes halogenated alkanes) is 3. The minimum absolute atomic E-state index is 1.13. The Hall–Kier alpha value is -0.690. The van der Waals surface area contributed by atoms with Gasteiger partial charge >= 0.3 is 0 Å². The molecule has 0 amide bonds. The summed E-state index contributed by atoms with van der Waals surface area (Å²) >= 11 is 1.97. The van der Waals surface area contributed by atoms with Gasteiger partial charge in [0, 0.05) is 4.90 Å². The normalized spacial score (nSPS) is 10.3. The number of thioether (sulfide) groups is 1. The van der Waals surface area contributed by atoms with E-state index in [0.29, 0.717) is 0 Å². The van der Waals surface area contributed by atoms with Gasteiger partial charge in [-0.15, -0.1) is 18.3 Å². The highest BCUT2D eigenvalue weighted by atomic mass is 32.2. The average molecular weight is 234 g/mol. The maximum atomic E-state index is 3.74. The van der Waals surface area contributed by atoms with Crippen LogP contribution in [0, 0.1) is 0 Å². The molecule has 0 nitrogen and oxygen atoms in total. The van der Waals surface area contributed by atoms with Crippen molar-refractivity contribution < 1.29 is 0 Å². The van der Waals surface area contributed by atoms with Crippen LogP contribution >= 0.6 is 11.8 Å². The Labute approximate surface area is 104 Å². The van der Waals surface area contributed by atoms with E-state index in [4.69, 9.17) is 0 Å². The number of benzene rings is 1. The molecule has 0 N–H and O–H groups in total. The van der Waals surface area contributed by atoms with Crippen LogP contribution in [0.15, 0.2) is 41.8 Å². The maximum Gasteiger partial charge on any atom is 0.00721 e. The molecule has 1 heteroatoms. The first-order valence-corrected chi connectivity index (χ1v) is 7.18. The highest BCUT2D eigenvalue weighted by molar-refractivity contribution is 7.99. The molecule has 88 valence electrons. The smallest absolute Gasteiger partial charge is 0.00721 e. The Bertz CT molecular complexity index is 287. The van der Waals surface area contributed by atoms with E-state index in [0.717, 1.165) is 12.8 Å². The second-order valence-corrected chi connectivity index (χ2v) is 5.15. The Balaban J connectivity index is 2.14. The minimum atomic E-state index is 1.13. The molecule has 0 bridgehead atoms. The van der Waals surface area contributed by atoms with Gasteiger partial charge in [-0.05, 0) is 49.1 Å². The molecule has 0 atom stereocenters. The van der Waals surface area contributed by atoms with Crippen LogP contribution < -0.4 is 0 Å². The SMILES string of the molecule is C=CCCCCCSc1ccc(CC)cc1. The number of allylic oxidation sites excluding steroid dienone is 1. The fourth-order valence-electron chi connectivity index (χ4n) is 1.58. The molecular formula is C15H22S. The van der Waals surface area contributed by atoms with Crippen LogP contribution in [-0.4, -0.2) is 5.75 Å². The average Bonchev–Trinajstić information content (AvgIpc) is 2.34.